The van der Waals surface area contributed by atoms with Crippen molar-refractivity contribution in [1.82, 2.24) is 10.1 Å². The van der Waals surface area contributed by atoms with E-state index in [1.54, 1.807) is 6.07 Å². The maximum Gasteiger partial charge on any atom is 0.276 e. The quantitative estimate of drug-likeness (QED) is 0.908. The lowest BCUT2D eigenvalue weighted by Crippen LogP contribution is -2.38. The number of carbonyl (C=O) groups is 1. The molecule has 0 unspecified atom stereocenters. The largest absolute Gasteiger partial charge is 0.400 e. The molecule has 0 atom stereocenters. The fourth-order valence-electron chi connectivity index (χ4n) is 2.63. The fraction of sp³-hybridized carbons (Fsp3) is 0.500. The molecule has 0 saturated carbocycles. The van der Waals surface area contributed by atoms with Gasteiger partial charge in [-0.3, -0.25) is 4.79 Å². The Labute approximate surface area is 150 Å². The molecule has 2 heterocycles. The van der Waals surface area contributed by atoms with E-state index in [-0.39, 0.29) is 5.91 Å². The Morgan fingerprint density at radius 1 is 1.12 bits per heavy atom. The molecule has 138 valence electrons. The van der Waals surface area contributed by atoms with Crippen LogP contribution < -0.4 is 0 Å². The van der Waals surface area contributed by atoms with Crippen molar-refractivity contribution in [2.45, 2.75) is 45.4 Å². The molecule has 1 N–H and O–H groups in total. The maximum atomic E-state index is 12.1. The van der Waals surface area contributed by atoms with Gasteiger partial charge in [0.1, 0.15) is 6.26 Å². The lowest BCUT2D eigenvalue weighted by atomic mass is 9.89. The van der Waals surface area contributed by atoms with E-state index < -0.39 is 0 Å². The SMILES string of the molecule is CCCC.CO.O=C(c1ccon1)N1CCC(c2ccccc2)CC1. The molecule has 1 aliphatic rings. The van der Waals surface area contributed by atoms with Gasteiger partial charge in [-0.05, 0) is 24.3 Å². The first-order valence-electron chi connectivity index (χ1n) is 8.95. The van der Waals surface area contributed by atoms with Gasteiger partial charge in [0, 0.05) is 26.3 Å². The maximum absolute atomic E-state index is 12.1. The summed E-state index contributed by atoms with van der Waals surface area (Å²) in [7, 11) is 1.00. The topological polar surface area (TPSA) is 66.6 Å². The van der Waals surface area contributed by atoms with Crippen LogP contribution in [0.25, 0.3) is 0 Å². The van der Waals surface area contributed by atoms with Gasteiger partial charge in [-0.15, -0.1) is 0 Å². The second kappa shape index (κ2) is 12.3. The van der Waals surface area contributed by atoms with Gasteiger partial charge in [0.2, 0.25) is 0 Å². The Morgan fingerprint density at radius 3 is 2.20 bits per heavy atom. The number of benzene rings is 1. The lowest BCUT2D eigenvalue weighted by molar-refractivity contribution is 0.0702. The van der Waals surface area contributed by atoms with Crippen molar-refractivity contribution in [3.05, 3.63) is 53.9 Å². The molecule has 0 aliphatic carbocycles. The molecule has 1 aliphatic heterocycles. The summed E-state index contributed by atoms with van der Waals surface area (Å²) in [6.07, 6.45) is 6.09. The van der Waals surface area contributed by atoms with Crippen LogP contribution in [0.1, 0.15) is 61.5 Å². The van der Waals surface area contributed by atoms with Crippen molar-refractivity contribution in [2.24, 2.45) is 0 Å². The molecule has 1 saturated heterocycles. The zero-order valence-electron chi connectivity index (χ0n) is 15.5. The fourth-order valence-corrected chi connectivity index (χ4v) is 2.63. The van der Waals surface area contributed by atoms with Gasteiger partial charge in [-0.2, -0.15) is 0 Å². The summed E-state index contributed by atoms with van der Waals surface area (Å²) >= 11 is 0. The van der Waals surface area contributed by atoms with E-state index in [9.17, 15) is 4.79 Å². The van der Waals surface area contributed by atoms with Gasteiger partial charge in [0.15, 0.2) is 5.69 Å². The summed E-state index contributed by atoms with van der Waals surface area (Å²) < 4.78 is 4.72. The van der Waals surface area contributed by atoms with E-state index in [1.807, 2.05) is 11.0 Å². The number of piperidine rings is 1. The van der Waals surface area contributed by atoms with Crippen molar-refractivity contribution in [1.29, 1.82) is 0 Å². The number of aliphatic hydroxyl groups excluding tert-OH is 1. The molecule has 2 aromatic rings. The summed E-state index contributed by atoms with van der Waals surface area (Å²) in [5, 5.41) is 10.7. The van der Waals surface area contributed by atoms with Crippen LogP contribution in [0.5, 0.6) is 0 Å². The lowest BCUT2D eigenvalue weighted by Gasteiger charge is -2.31. The number of likely N-dealkylation sites (tertiary alicyclic amines) is 1. The molecule has 3 rings (SSSR count). The number of rotatable bonds is 3. The second-order valence-electron chi connectivity index (χ2n) is 5.86. The van der Waals surface area contributed by atoms with E-state index in [0.717, 1.165) is 33.0 Å². The minimum absolute atomic E-state index is 0.0275. The van der Waals surface area contributed by atoms with Crippen LogP contribution in [0.2, 0.25) is 0 Å². The third-order valence-electron chi connectivity index (χ3n) is 4.21. The van der Waals surface area contributed by atoms with Crippen molar-refractivity contribution >= 4 is 5.91 Å². The Hall–Kier alpha value is -2.14. The highest BCUT2D eigenvalue weighted by molar-refractivity contribution is 5.92. The molecule has 0 radical (unpaired) electrons. The molecule has 1 fully saturated rings. The Kier molecular flexibility index (Phi) is 10.2. The van der Waals surface area contributed by atoms with Gasteiger partial charge in [-0.1, -0.05) is 62.2 Å². The Morgan fingerprint density at radius 2 is 1.72 bits per heavy atom. The predicted molar refractivity (Wildman–Crippen MR) is 99.5 cm³/mol. The monoisotopic (exact) mass is 346 g/mol. The van der Waals surface area contributed by atoms with Crippen molar-refractivity contribution < 1.29 is 14.4 Å². The van der Waals surface area contributed by atoms with Crippen LogP contribution >= 0.6 is 0 Å². The van der Waals surface area contributed by atoms with Crippen LogP contribution in [-0.4, -0.2) is 41.3 Å². The molecular weight excluding hydrogens is 316 g/mol. The molecule has 1 amide bonds. The second-order valence-corrected chi connectivity index (χ2v) is 5.86. The van der Waals surface area contributed by atoms with Gasteiger partial charge >= 0.3 is 0 Å². The summed E-state index contributed by atoms with van der Waals surface area (Å²) in [4.78, 5) is 14.0. The molecule has 0 spiro atoms. The number of hydrogen-bond donors (Lipinski definition) is 1. The average Bonchev–Trinajstić information content (AvgIpc) is 3.25. The smallest absolute Gasteiger partial charge is 0.276 e. The number of nitrogens with zero attached hydrogens (tertiary/aromatic N) is 2. The highest BCUT2D eigenvalue weighted by Gasteiger charge is 2.25. The van der Waals surface area contributed by atoms with Gasteiger partial charge in [0.25, 0.3) is 5.91 Å². The van der Waals surface area contributed by atoms with Crippen molar-refractivity contribution in [3.63, 3.8) is 0 Å². The van der Waals surface area contributed by atoms with E-state index in [2.05, 4.69) is 43.3 Å². The summed E-state index contributed by atoms with van der Waals surface area (Å²) in [6, 6.07) is 12.1. The number of unbranched alkanes of at least 4 members (excludes halogenated alkanes) is 1. The predicted octanol–water partition coefficient (Wildman–Crippen LogP) is 4.11. The van der Waals surface area contributed by atoms with E-state index in [1.165, 1.54) is 24.7 Å². The number of hydrogen-bond acceptors (Lipinski definition) is 4. The van der Waals surface area contributed by atoms with E-state index >= 15 is 0 Å². The number of aliphatic hydroxyl groups is 1. The third-order valence-corrected chi connectivity index (χ3v) is 4.21. The van der Waals surface area contributed by atoms with Crippen LogP contribution in [0.4, 0.5) is 0 Å². The van der Waals surface area contributed by atoms with Gasteiger partial charge < -0.3 is 14.5 Å². The minimum Gasteiger partial charge on any atom is -0.400 e. The Bertz CT molecular complexity index is 560. The van der Waals surface area contributed by atoms with Crippen molar-refractivity contribution in [3.8, 4) is 0 Å². The first-order valence-corrected chi connectivity index (χ1v) is 8.95. The zero-order chi connectivity index (χ0) is 18.5. The molecule has 0 bridgehead atoms. The average molecular weight is 346 g/mol. The summed E-state index contributed by atoms with van der Waals surface area (Å²) in [6.45, 7) is 5.93. The molecule has 5 heteroatoms. The van der Waals surface area contributed by atoms with Crippen LogP contribution in [0, 0.1) is 0 Å². The number of carbonyl (C=O) groups excluding carboxylic acids is 1. The highest BCUT2D eigenvalue weighted by atomic mass is 16.5. The summed E-state index contributed by atoms with van der Waals surface area (Å²) in [5.41, 5.74) is 1.77. The third kappa shape index (κ3) is 6.70. The van der Waals surface area contributed by atoms with Crippen molar-refractivity contribution in [2.75, 3.05) is 20.2 Å². The standard InChI is InChI=1S/C15H16N2O2.C4H10.CH4O/c18-15(14-8-11-19-16-14)17-9-6-13(7-10-17)12-4-2-1-3-5-12;1-3-4-2;1-2/h1-5,8,11,13H,6-7,9-10H2;3-4H2,1-2H3;2H,1H3. The molecule has 25 heavy (non-hydrogen) atoms. The number of amides is 1. The number of aromatic nitrogens is 1. The van der Waals surface area contributed by atoms with Gasteiger partial charge in [-0.25, -0.2) is 0 Å². The van der Waals surface area contributed by atoms with Crippen LogP contribution in [0.3, 0.4) is 0 Å². The molecule has 5 nitrogen and oxygen atoms in total. The zero-order valence-corrected chi connectivity index (χ0v) is 15.5. The molecular formula is C20H30N2O3. The minimum atomic E-state index is -0.0275. The molecule has 1 aromatic heterocycles. The van der Waals surface area contributed by atoms with Crippen LogP contribution in [0.15, 0.2) is 47.2 Å². The summed E-state index contributed by atoms with van der Waals surface area (Å²) in [5.74, 6) is 0.530. The normalized spacial score (nSPS) is 14.0. The van der Waals surface area contributed by atoms with E-state index in [0.29, 0.717) is 11.6 Å². The first kappa shape index (κ1) is 20.9. The van der Waals surface area contributed by atoms with E-state index in [4.69, 9.17) is 9.63 Å². The Balaban J connectivity index is 0.000000461. The molecule has 1 aromatic carbocycles. The highest BCUT2D eigenvalue weighted by Crippen LogP contribution is 2.28. The first-order chi connectivity index (χ1) is 12.3. The van der Waals surface area contributed by atoms with Crippen LogP contribution in [-0.2, 0) is 0 Å². The van der Waals surface area contributed by atoms with Gasteiger partial charge in [0.05, 0.1) is 0 Å².